The van der Waals surface area contributed by atoms with Gasteiger partial charge in [-0.05, 0) is 23.3 Å². The van der Waals surface area contributed by atoms with E-state index in [1.54, 1.807) is 12.1 Å². The third-order valence-corrected chi connectivity index (χ3v) is 3.71. The number of hydrogen-bond donors (Lipinski definition) is 3. The second kappa shape index (κ2) is 6.46. The van der Waals surface area contributed by atoms with Crippen molar-refractivity contribution in [2.24, 2.45) is 0 Å². The van der Waals surface area contributed by atoms with Crippen molar-refractivity contribution in [3.05, 3.63) is 54.6 Å². The summed E-state index contributed by atoms with van der Waals surface area (Å²) in [5, 5.41) is 28.6. The van der Waals surface area contributed by atoms with Crippen molar-refractivity contribution in [3.63, 3.8) is 0 Å². The van der Waals surface area contributed by atoms with Crippen molar-refractivity contribution in [2.45, 2.75) is 24.6 Å². The van der Waals surface area contributed by atoms with Gasteiger partial charge in [-0.25, -0.2) is 0 Å². The smallest absolute Gasteiger partial charge is 0.229 e. The van der Waals surface area contributed by atoms with E-state index in [1.807, 2.05) is 42.5 Å². The fourth-order valence-electron chi connectivity index (χ4n) is 2.45. The summed E-state index contributed by atoms with van der Waals surface area (Å²) in [4.78, 5) is 0. The van der Waals surface area contributed by atoms with Crippen molar-refractivity contribution < 1.29 is 24.8 Å². The highest BCUT2D eigenvalue weighted by Crippen LogP contribution is 2.26. The van der Waals surface area contributed by atoms with Gasteiger partial charge in [-0.3, -0.25) is 0 Å². The summed E-state index contributed by atoms with van der Waals surface area (Å²) in [6.45, 7) is -0.370. The van der Waals surface area contributed by atoms with Gasteiger partial charge in [0.2, 0.25) is 6.29 Å². The molecule has 1 saturated heterocycles. The van der Waals surface area contributed by atoms with Crippen molar-refractivity contribution in [3.8, 4) is 16.9 Å². The number of aliphatic hydroxyl groups excluding tert-OH is 3. The standard InChI is InChI=1S/C17H18O5/c18-10-14-15(19)16(20)17(22-14)21-13-8-6-12(7-9-13)11-4-2-1-3-5-11/h1-9,14-20H,10H2/t14-,15-,16+,17+/m0/s1. The lowest BCUT2D eigenvalue weighted by Gasteiger charge is -2.17. The predicted molar refractivity (Wildman–Crippen MR) is 80.3 cm³/mol. The Bertz CT molecular complexity index is 598. The fraction of sp³-hybridized carbons (Fsp3) is 0.294. The van der Waals surface area contributed by atoms with Gasteiger partial charge >= 0.3 is 0 Å². The van der Waals surface area contributed by atoms with E-state index in [2.05, 4.69) is 0 Å². The predicted octanol–water partition coefficient (Wildman–Crippen LogP) is 1.17. The first-order valence-corrected chi connectivity index (χ1v) is 7.13. The molecule has 1 aliphatic heterocycles. The van der Waals surface area contributed by atoms with Gasteiger partial charge in [0.05, 0.1) is 6.61 Å². The molecule has 1 heterocycles. The Morgan fingerprint density at radius 1 is 0.864 bits per heavy atom. The molecule has 2 aromatic carbocycles. The quantitative estimate of drug-likeness (QED) is 0.790. The van der Waals surface area contributed by atoms with E-state index in [-0.39, 0.29) is 6.61 Å². The highest BCUT2D eigenvalue weighted by Gasteiger charge is 2.43. The molecule has 116 valence electrons. The normalized spacial score (nSPS) is 27.8. The van der Waals surface area contributed by atoms with E-state index >= 15 is 0 Å². The monoisotopic (exact) mass is 302 g/mol. The van der Waals surface area contributed by atoms with Crippen LogP contribution in [0.25, 0.3) is 11.1 Å². The molecule has 0 aromatic heterocycles. The molecule has 3 rings (SSSR count). The molecular formula is C17H18O5. The molecule has 0 radical (unpaired) electrons. The maximum Gasteiger partial charge on any atom is 0.229 e. The van der Waals surface area contributed by atoms with Gasteiger partial charge in [0.1, 0.15) is 24.1 Å². The topological polar surface area (TPSA) is 79.2 Å². The molecule has 5 heteroatoms. The molecule has 0 bridgehead atoms. The van der Waals surface area contributed by atoms with Gasteiger partial charge < -0.3 is 24.8 Å². The Labute approximate surface area is 128 Å². The molecule has 0 aliphatic carbocycles. The van der Waals surface area contributed by atoms with Crippen molar-refractivity contribution in [2.75, 3.05) is 6.61 Å². The number of benzene rings is 2. The summed E-state index contributed by atoms with van der Waals surface area (Å²) >= 11 is 0. The largest absolute Gasteiger partial charge is 0.462 e. The van der Waals surface area contributed by atoms with Crippen LogP contribution in [0.2, 0.25) is 0 Å². The summed E-state index contributed by atoms with van der Waals surface area (Å²) in [6.07, 6.45) is -4.16. The van der Waals surface area contributed by atoms with Crippen molar-refractivity contribution >= 4 is 0 Å². The molecular weight excluding hydrogens is 284 g/mol. The van der Waals surface area contributed by atoms with E-state index in [9.17, 15) is 10.2 Å². The lowest BCUT2D eigenvalue weighted by molar-refractivity contribution is -0.116. The SMILES string of the molecule is OC[C@@H]1O[C@@H](Oc2ccc(-c3ccccc3)cc2)[C@H](O)[C@H]1O. The van der Waals surface area contributed by atoms with Crippen LogP contribution >= 0.6 is 0 Å². The van der Waals surface area contributed by atoms with Gasteiger partial charge in [0.25, 0.3) is 0 Å². The lowest BCUT2D eigenvalue weighted by atomic mass is 10.1. The Kier molecular flexibility index (Phi) is 4.40. The minimum absolute atomic E-state index is 0.370. The summed E-state index contributed by atoms with van der Waals surface area (Å²) < 4.78 is 10.8. The average Bonchev–Trinajstić information content (AvgIpc) is 2.84. The van der Waals surface area contributed by atoms with Crippen LogP contribution < -0.4 is 4.74 Å². The highest BCUT2D eigenvalue weighted by atomic mass is 16.7. The summed E-state index contributed by atoms with van der Waals surface area (Å²) in [5.41, 5.74) is 2.15. The van der Waals surface area contributed by atoms with Gasteiger partial charge in [-0.2, -0.15) is 0 Å². The summed E-state index contributed by atoms with van der Waals surface area (Å²) in [5.74, 6) is 0.523. The van der Waals surface area contributed by atoms with E-state index in [4.69, 9.17) is 14.6 Å². The first kappa shape index (κ1) is 15.0. The third kappa shape index (κ3) is 2.98. The van der Waals surface area contributed by atoms with Crippen molar-refractivity contribution in [1.82, 2.24) is 0 Å². The summed E-state index contributed by atoms with van der Waals surface area (Å²) in [6, 6.07) is 17.3. The molecule has 4 atom stereocenters. The Morgan fingerprint density at radius 2 is 1.50 bits per heavy atom. The number of hydrogen-bond acceptors (Lipinski definition) is 5. The third-order valence-electron chi connectivity index (χ3n) is 3.71. The average molecular weight is 302 g/mol. The van der Waals surface area contributed by atoms with Crippen LogP contribution in [0.4, 0.5) is 0 Å². The molecule has 1 fully saturated rings. The van der Waals surface area contributed by atoms with E-state index in [0.29, 0.717) is 5.75 Å². The van der Waals surface area contributed by atoms with Crippen LogP contribution in [-0.4, -0.2) is 46.5 Å². The molecule has 0 spiro atoms. The lowest BCUT2D eigenvalue weighted by Crippen LogP contribution is -2.35. The zero-order valence-corrected chi connectivity index (χ0v) is 11.9. The minimum Gasteiger partial charge on any atom is -0.462 e. The van der Waals surface area contributed by atoms with E-state index in [0.717, 1.165) is 11.1 Å². The van der Waals surface area contributed by atoms with Crippen LogP contribution in [0, 0.1) is 0 Å². The van der Waals surface area contributed by atoms with Crippen LogP contribution in [0.5, 0.6) is 5.75 Å². The zero-order chi connectivity index (χ0) is 15.5. The highest BCUT2D eigenvalue weighted by molar-refractivity contribution is 5.63. The minimum atomic E-state index is -1.19. The Balaban J connectivity index is 1.69. The Morgan fingerprint density at radius 3 is 2.09 bits per heavy atom. The second-order valence-corrected chi connectivity index (χ2v) is 5.21. The maximum absolute atomic E-state index is 9.84. The van der Waals surface area contributed by atoms with E-state index in [1.165, 1.54) is 0 Å². The molecule has 1 aliphatic rings. The molecule has 3 N–H and O–H groups in total. The molecule has 5 nitrogen and oxygen atoms in total. The second-order valence-electron chi connectivity index (χ2n) is 5.21. The van der Waals surface area contributed by atoms with E-state index < -0.39 is 24.6 Å². The van der Waals surface area contributed by atoms with Gasteiger partial charge in [0.15, 0.2) is 0 Å². The number of ether oxygens (including phenoxy) is 2. The zero-order valence-electron chi connectivity index (χ0n) is 11.9. The van der Waals surface area contributed by atoms with Gasteiger partial charge in [0, 0.05) is 0 Å². The Hall–Kier alpha value is -1.92. The molecule has 2 aromatic rings. The number of aliphatic hydroxyl groups is 3. The van der Waals surface area contributed by atoms with Gasteiger partial charge in [-0.15, -0.1) is 0 Å². The van der Waals surface area contributed by atoms with Crippen molar-refractivity contribution in [1.29, 1.82) is 0 Å². The van der Waals surface area contributed by atoms with Gasteiger partial charge in [-0.1, -0.05) is 42.5 Å². The van der Waals surface area contributed by atoms with Crippen LogP contribution in [0.15, 0.2) is 54.6 Å². The van der Waals surface area contributed by atoms with Crippen LogP contribution in [-0.2, 0) is 4.74 Å². The van der Waals surface area contributed by atoms with Crippen LogP contribution in [0.3, 0.4) is 0 Å². The molecule has 0 saturated carbocycles. The summed E-state index contributed by atoms with van der Waals surface area (Å²) in [7, 11) is 0. The molecule has 0 amide bonds. The first-order chi connectivity index (χ1) is 10.7. The van der Waals surface area contributed by atoms with Crippen LogP contribution in [0.1, 0.15) is 0 Å². The first-order valence-electron chi connectivity index (χ1n) is 7.13. The fourth-order valence-corrected chi connectivity index (χ4v) is 2.45. The molecule has 0 unspecified atom stereocenters. The maximum atomic E-state index is 9.84. The molecule has 22 heavy (non-hydrogen) atoms. The number of rotatable bonds is 4.